The Hall–Kier alpha value is -2.91. The first-order valence-electron chi connectivity index (χ1n) is 11.2. The third kappa shape index (κ3) is 6.33. The summed E-state index contributed by atoms with van der Waals surface area (Å²) < 4.78 is 82.8. The highest BCUT2D eigenvalue weighted by atomic mass is 32.2. The van der Waals surface area contributed by atoms with E-state index in [0.29, 0.717) is 56.6 Å². The van der Waals surface area contributed by atoms with Crippen molar-refractivity contribution in [2.24, 2.45) is 0 Å². The predicted octanol–water partition coefficient (Wildman–Crippen LogP) is 3.56. The van der Waals surface area contributed by atoms with Gasteiger partial charge in [0, 0.05) is 49.9 Å². The number of ether oxygens (including phenoxy) is 4. The van der Waals surface area contributed by atoms with E-state index in [1.165, 1.54) is 20.3 Å². The zero-order valence-corrected chi connectivity index (χ0v) is 22.1. The van der Waals surface area contributed by atoms with Crippen molar-refractivity contribution in [3.8, 4) is 17.2 Å². The minimum atomic E-state index is -4.60. The van der Waals surface area contributed by atoms with Crippen LogP contribution in [0.5, 0.6) is 17.2 Å². The molecule has 3 aromatic rings. The summed E-state index contributed by atoms with van der Waals surface area (Å²) in [6, 6.07) is 6.11. The van der Waals surface area contributed by atoms with Crippen LogP contribution in [-0.4, -0.2) is 69.9 Å². The van der Waals surface area contributed by atoms with E-state index in [9.17, 15) is 12.8 Å². The van der Waals surface area contributed by atoms with Gasteiger partial charge in [0.25, 0.3) is 10.0 Å². The number of anilines is 1. The van der Waals surface area contributed by atoms with Gasteiger partial charge in [-0.3, -0.25) is 4.90 Å². The minimum Gasteiger partial charge on any atom is -0.497 e. The molecule has 1 fully saturated rings. The van der Waals surface area contributed by atoms with E-state index in [-0.39, 0.29) is 10.9 Å². The van der Waals surface area contributed by atoms with Crippen LogP contribution in [0.2, 0.25) is 0 Å². The molecular weight excluding hydrogens is 530 g/mol. The molecule has 0 spiro atoms. The summed E-state index contributed by atoms with van der Waals surface area (Å²) in [5, 5.41) is -0.0305. The zero-order chi connectivity index (χ0) is 26.6. The van der Waals surface area contributed by atoms with Crippen molar-refractivity contribution in [2.75, 3.05) is 51.6 Å². The summed E-state index contributed by atoms with van der Waals surface area (Å²) in [5.41, 5.74) is 0.773. The number of aryl methyl sites for hydroxylation is 1. The second-order valence-corrected chi connectivity index (χ2v) is 10.7. The fourth-order valence-corrected chi connectivity index (χ4v) is 5.89. The lowest BCUT2D eigenvalue weighted by Gasteiger charge is -2.25. The Morgan fingerprint density at radius 2 is 1.81 bits per heavy atom. The first-order chi connectivity index (χ1) is 17.7. The van der Waals surface area contributed by atoms with Gasteiger partial charge in [-0.2, -0.15) is 4.37 Å². The quantitative estimate of drug-likeness (QED) is 0.347. The Morgan fingerprint density at radius 1 is 1.08 bits per heavy atom. The predicted molar refractivity (Wildman–Crippen MR) is 132 cm³/mol. The molecule has 0 aliphatic carbocycles. The fourth-order valence-electron chi connectivity index (χ4n) is 3.64. The Labute approximate surface area is 217 Å². The van der Waals surface area contributed by atoms with E-state index in [4.69, 9.17) is 18.9 Å². The van der Waals surface area contributed by atoms with Gasteiger partial charge in [0.15, 0.2) is 17.4 Å². The van der Waals surface area contributed by atoms with Crippen molar-refractivity contribution in [1.82, 2.24) is 14.3 Å². The lowest BCUT2D eigenvalue weighted by molar-refractivity contribution is 0.0332. The van der Waals surface area contributed by atoms with Crippen LogP contribution in [0.4, 0.5) is 13.9 Å². The van der Waals surface area contributed by atoms with Crippen molar-refractivity contribution in [3.05, 3.63) is 53.4 Å². The van der Waals surface area contributed by atoms with Gasteiger partial charge in [0.2, 0.25) is 5.13 Å². The number of morpholine rings is 1. The third-order valence-corrected chi connectivity index (χ3v) is 8.05. The van der Waals surface area contributed by atoms with Gasteiger partial charge in [-0.05, 0) is 24.6 Å². The largest absolute Gasteiger partial charge is 0.497 e. The smallest absolute Gasteiger partial charge is 0.271 e. The average Bonchev–Trinajstić information content (AvgIpc) is 3.32. The number of aromatic nitrogens is 2. The van der Waals surface area contributed by atoms with Crippen LogP contribution in [0, 0.1) is 18.6 Å². The van der Waals surface area contributed by atoms with Gasteiger partial charge in [0.1, 0.15) is 28.9 Å². The Kier molecular flexibility index (Phi) is 8.54. The number of nitrogens with zero attached hydrogens (tertiary/aromatic N) is 4. The maximum absolute atomic E-state index is 15.1. The summed E-state index contributed by atoms with van der Waals surface area (Å²) >= 11 is 0.822. The summed E-state index contributed by atoms with van der Waals surface area (Å²) in [5.74, 6) is -1.67. The van der Waals surface area contributed by atoms with Gasteiger partial charge in [-0.25, -0.2) is 26.5 Å². The van der Waals surface area contributed by atoms with Crippen molar-refractivity contribution in [3.63, 3.8) is 0 Å². The van der Waals surface area contributed by atoms with Gasteiger partial charge >= 0.3 is 0 Å². The summed E-state index contributed by atoms with van der Waals surface area (Å²) in [6.07, 6.45) is 0. The van der Waals surface area contributed by atoms with Gasteiger partial charge in [-0.1, -0.05) is 0 Å². The summed E-state index contributed by atoms with van der Waals surface area (Å²) in [4.78, 5) is 5.49. The number of benzene rings is 2. The highest BCUT2D eigenvalue weighted by molar-refractivity contribution is 7.93. The summed E-state index contributed by atoms with van der Waals surface area (Å²) in [7, 11) is -1.86. The molecule has 0 unspecified atom stereocenters. The van der Waals surface area contributed by atoms with Crippen LogP contribution in [0.25, 0.3) is 0 Å². The second-order valence-electron chi connectivity index (χ2n) is 8.15. The van der Waals surface area contributed by atoms with E-state index >= 15 is 4.39 Å². The zero-order valence-electron chi connectivity index (χ0n) is 20.4. The van der Waals surface area contributed by atoms with Gasteiger partial charge < -0.3 is 18.9 Å². The van der Waals surface area contributed by atoms with Crippen molar-refractivity contribution < 1.29 is 36.1 Å². The first-order valence-corrected chi connectivity index (χ1v) is 13.4. The molecule has 37 heavy (non-hydrogen) atoms. The van der Waals surface area contributed by atoms with Gasteiger partial charge in [-0.15, -0.1) is 0 Å². The van der Waals surface area contributed by atoms with Crippen LogP contribution in [-0.2, 0) is 26.0 Å². The van der Waals surface area contributed by atoms with Crippen molar-refractivity contribution in [1.29, 1.82) is 0 Å². The number of methoxy groups -OCH3 is 2. The van der Waals surface area contributed by atoms with E-state index < -0.39 is 39.0 Å². The highest BCUT2D eigenvalue weighted by Gasteiger charge is 2.32. The Morgan fingerprint density at radius 3 is 2.51 bits per heavy atom. The second kappa shape index (κ2) is 11.6. The number of hydrogen-bond donors (Lipinski definition) is 0. The maximum atomic E-state index is 15.1. The molecule has 1 aromatic heterocycles. The van der Waals surface area contributed by atoms with Crippen LogP contribution in [0.3, 0.4) is 0 Å². The average molecular weight is 557 g/mol. The van der Waals surface area contributed by atoms with Crippen LogP contribution < -0.4 is 13.8 Å². The molecular formula is C23H26F2N4O6S2. The number of halogens is 2. The number of sulfonamides is 1. The lowest BCUT2D eigenvalue weighted by atomic mass is 10.2. The van der Waals surface area contributed by atoms with E-state index in [1.807, 2.05) is 0 Å². The lowest BCUT2D eigenvalue weighted by Crippen LogP contribution is -2.36. The fraction of sp³-hybridized carbons (Fsp3) is 0.391. The molecule has 4 rings (SSSR count). The molecule has 1 aliphatic rings. The molecule has 2 heterocycles. The molecule has 14 heteroatoms. The first kappa shape index (κ1) is 27.1. The van der Waals surface area contributed by atoms with Crippen LogP contribution >= 0.6 is 11.5 Å². The third-order valence-electron chi connectivity index (χ3n) is 5.43. The normalized spacial score (nSPS) is 14.5. The molecule has 0 atom stereocenters. The van der Waals surface area contributed by atoms with Crippen LogP contribution in [0.1, 0.15) is 11.4 Å². The van der Waals surface area contributed by atoms with E-state index in [0.717, 1.165) is 21.4 Å². The SMILES string of the molecule is COCN(c1nc(CN2CCOCC2)ns1)S(=O)(=O)c1cc(F)c(Oc2cc(C)cc(OC)c2)cc1F. The molecule has 0 N–H and O–H groups in total. The molecule has 0 amide bonds. The standard InChI is InChI=1S/C23H26F2N4O6S2/c1-15-8-16(33-3)10-17(9-15)35-20-11-19(25)21(12-18(20)24)37(30,31)29(14-32-2)23-26-22(27-36-23)13-28-4-6-34-7-5-28/h8-12H,4-7,13-14H2,1-3H3. The molecule has 1 aliphatic heterocycles. The molecule has 0 radical (unpaired) electrons. The number of rotatable bonds is 10. The summed E-state index contributed by atoms with van der Waals surface area (Å²) in [6.45, 7) is 4.28. The van der Waals surface area contributed by atoms with Crippen LogP contribution in [0.15, 0.2) is 35.2 Å². The van der Waals surface area contributed by atoms with E-state index in [1.54, 1.807) is 19.1 Å². The molecule has 0 saturated carbocycles. The van der Waals surface area contributed by atoms with E-state index in [2.05, 4.69) is 14.3 Å². The molecule has 200 valence electrons. The highest BCUT2D eigenvalue weighted by Crippen LogP contribution is 2.33. The van der Waals surface area contributed by atoms with Crippen molar-refractivity contribution in [2.45, 2.75) is 18.4 Å². The molecule has 0 bridgehead atoms. The molecule has 2 aromatic carbocycles. The Balaban J connectivity index is 1.60. The van der Waals surface area contributed by atoms with Crippen molar-refractivity contribution >= 4 is 26.7 Å². The monoisotopic (exact) mass is 556 g/mol. The topological polar surface area (TPSA) is 103 Å². The maximum Gasteiger partial charge on any atom is 0.271 e. The number of hydrogen-bond acceptors (Lipinski definition) is 10. The molecule has 1 saturated heterocycles. The minimum absolute atomic E-state index is 0.0305. The molecule has 10 nitrogen and oxygen atoms in total. The van der Waals surface area contributed by atoms with Gasteiger partial charge in [0.05, 0.1) is 26.9 Å². The Bertz CT molecular complexity index is 1350.